The number of carbonyl (C=O) groups excluding carboxylic acids is 3. The highest BCUT2D eigenvalue weighted by atomic mass is 16.5. The van der Waals surface area contributed by atoms with Crippen LogP contribution < -0.4 is 5.32 Å². The van der Waals surface area contributed by atoms with Gasteiger partial charge in [-0.05, 0) is 12.5 Å². The lowest BCUT2D eigenvalue weighted by molar-refractivity contribution is -0.145. The number of hydrogen-bond donors (Lipinski definition) is 1. The summed E-state index contributed by atoms with van der Waals surface area (Å²) in [6.45, 7) is 1.31. The fraction of sp³-hybridized carbons (Fsp3) is 0.308. The van der Waals surface area contributed by atoms with E-state index >= 15 is 0 Å². The first kappa shape index (κ1) is 13.9. The number of ketones is 1. The van der Waals surface area contributed by atoms with E-state index in [1.807, 2.05) is 0 Å². The van der Waals surface area contributed by atoms with Crippen LogP contribution in [0.1, 0.15) is 24.9 Å². The van der Waals surface area contributed by atoms with E-state index in [-0.39, 0.29) is 12.2 Å². The molecule has 0 aliphatic rings. The van der Waals surface area contributed by atoms with Gasteiger partial charge in [-0.2, -0.15) is 0 Å². The topological polar surface area (TPSA) is 72.5 Å². The van der Waals surface area contributed by atoms with E-state index in [9.17, 15) is 14.4 Å². The molecule has 1 rings (SSSR count). The van der Waals surface area contributed by atoms with Crippen LogP contribution in [0.25, 0.3) is 0 Å². The monoisotopic (exact) mass is 249 g/mol. The fourth-order valence-corrected chi connectivity index (χ4v) is 1.48. The summed E-state index contributed by atoms with van der Waals surface area (Å²) in [5.74, 6) is -1.33. The van der Waals surface area contributed by atoms with Crippen molar-refractivity contribution in [3.63, 3.8) is 0 Å². The van der Waals surface area contributed by atoms with E-state index in [0.29, 0.717) is 5.56 Å². The minimum absolute atomic E-state index is 0.250. The maximum Gasteiger partial charge on any atom is 0.333 e. The SMILES string of the molecule is COC(=O)[C@@H](NC(=O)CC(C)=O)c1ccccc1. The Morgan fingerprint density at radius 2 is 1.83 bits per heavy atom. The highest BCUT2D eigenvalue weighted by Gasteiger charge is 2.23. The molecule has 0 saturated heterocycles. The predicted octanol–water partition coefficient (Wildman–Crippen LogP) is 0.996. The summed E-state index contributed by atoms with van der Waals surface area (Å²) in [5.41, 5.74) is 0.612. The number of amides is 1. The first-order valence-corrected chi connectivity index (χ1v) is 5.46. The molecule has 0 aliphatic heterocycles. The van der Waals surface area contributed by atoms with Crippen LogP contribution in [0, 0.1) is 0 Å². The fourth-order valence-electron chi connectivity index (χ4n) is 1.48. The van der Waals surface area contributed by atoms with Gasteiger partial charge in [-0.15, -0.1) is 0 Å². The molecule has 0 spiro atoms. The Labute approximate surface area is 105 Å². The van der Waals surface area contributed by atoms with Crippen LogP contribution in [0.2, 0.25) is 0 Å². The van der Waals surface area contributed by atoms with Gasteiger partial charge >= 0.3 is 5.97 Å². The average molecular weight is 249 g/mol. The zero-order valence-corrected chi connectivity index (χ0v) is 10.3. The third-order valence-electron chi connectivity index (χ3n) is 2.28. The molecular formula is C13H15NO4. The number of rotatable bonds is 5. The Morgan fingerprint density at radius 1 is 1.22 bits per heavy atom. The van der Waals surface area contributed by atoms with Crippen molar-refractivity contribution in [2.75, 3.05) is 7.11 Å². The largest absolute Gasteiger partial charge is 0.467 e. The van der Waals surface area contributed by atoms with Crippen LogP contribution in [0.3, 0.4) is 0 Å². The predicted molar refractivity (Wildman–Crippen MR) is 64.6 cm³/mol. The van der Waals surface area contributed by atoms with E-state index in [2.05, 4.69) is 10.1 Å². The van der Waals surface area contributed by atoms with Crippen LogP contribution in [-0.2, 0) is 19.1 Å². The molecule has 96 valence electrons. The molecule has 1 amide bonds. The zero-order chi connectivity index (χ0) is 13.5. The third-order valence-corrected chi connectivity index (χ3v) is 2.28. The van der Waals surface area contributed by atoms with Crippen molar-refractivity contribution in [1.82, 2.24) is 5.32 Å². The van der Waals surface area contributed by atoms with E-state index in [4.69, 9.17) is 0 Å². The Balaban J connectivity index is 2.84. The molecule has 1 N–H and O–H groups in total. The van der Waals surface area contributed by atoms with Crippen molar-refractivity contribution in [3.05, 3.63) is 35.9 Å². The van der Waals surface area contributed by atoms with Gasteiger partial charge in [0.15, 0.2) is 6.04 Å². The van der Waals surface area contributed by atoms with Gasteiger partial charge < -0.3 is 10.1 Å². The summed E-state index contributed by atoms with van der Waals surface area (Å²) < 4.78 is 4.63. The Bertz CT molecular complexity index is 442. The van der Waals surface area contributed by atoms with E-state index < -0.39 is 17.9 Å². The van der Waals surface area contributed by atoms with E-state index in [0.717, 1.165) is 0 Å². The van der Waals surface area contributed by atoms with Crippen LogP contribution in [0.15, 0.2) is 30.3 Å². The molecule has 1 aromatic carbocycles. The van der Waals surface area contributed by atoms with Crippen LogP contribution >= 0.6 is 0 Å². The van der Waals surface area contributed by atoms with Crippen molar-refractivity contribution < 1.29 is 19.1 Å². The summed E-state index contributed by atoms with van der Waals surface area (Å²) in [6.07, 6.45) is -0.250. The highest BCUT2D eigenvalue weighted by Crippen LogP contribution is 2.14. The number of hydrogen-bond acceptors (Lipinski definition) is 4. The summed E-state index contributed by atoms with van der Waals surface area (Å²) in [4.78, 5) is 34.0. The first-order chi connectivity index (χ1) is 8.54. The Morgan fingerprint density at radius 3 is 2.33 bits per heavy atom. The Hall–Kier alpha value is -2.17. The molecule has 0 aliphatic carbocycles. The van der Waals surface area contributed by atoms with Crippen LogP contribution in [0.5, 0.6) is 0 Å². The molecule has 5 heteroatoms. The van der Waals surface area contributed by atoms with Crippen LogP contribution in [0.4, 0.5) is 0 Å². The summed E-state index contributed by atoms with van der Waals surface area (Å²) >= 11 is 0. The second kappa shape index (κ2) is 6.54. The number of esters is 1. The Kier molecular flexibility index (Phi) is 5.05. The maximum atomic E-state index is 11.6. The van der Waals surface area contributed by atoms with Gasteiger partial charge in [-0.25, -0.2) is 4.79 Å². The van der Waals surface area contributed by atoms with Crippen molar-refractivity contribution in [3.8, 4) is 0 Å². The second-order valence-electron chi connectivity index (χ2n) is 3.81. The maximum absolute atomic E-state index is 11.6. The van der Waals surface area contributed by atoms with Crippen molar-refractivity contribution in [2.45, 2.75) is 19.4 Å². The van der Waals surface area contributed by atoms with E-state index in [1.165, 1.54) is 14.0 Å². The number of benzene rings is 1. The lowest BCUT2D eigenvalue weighted by Crippen LogP contribution is -2.35. The summed E-state index contributed by atoms with van der Waals surface area (Å²) in [6, 6.07) is 7.83. The lowest BCUT2D eigenvalue weighted by Gasteiger charge is -2.16. The number of nitrogens with one attached hydrogen (secondary N) is 1. The lowest BCUT2D eigenvalue weighted by atomic mass is 10.1. The standard InChI is InChI=1S/C13H15NO4/c1-9(15)8-11(16)14-12(13(17)18-2)10-6-4-3-5-7-10/h3-7,12H,8H2,1-2H3,(H,14,16)/t12-/m0/s1. The summed E-state index contributed by atoms with van der Waals surface area (Å²) in [7, 11) is 1.25. The molecule has 0 bridgehead atoms. The van der Waals surface area contributed by atoms with Gasteiger partial charge in [-0.3, -0.25) is 9.59 Å². The minimum Gasteiger partial charge on any atom is -0.467 e. The van der Waals surface area contributed by atoms with E-state index in [1.54, 1.807) is 30.3 Å². The van der Waals surface area contributed by atoms with Gasteiger partial charge in [0, 0.05) is 0 Å². The molecule has 0 heterocycles. The molecule has 1 atom stereocenters. The highest BCUT2D eigenvalue weighted by molar-refractivity contribution is 5.98. The van der Waals surface area contributed by atoms with Gasteiger partial charge in [-0.1, -0.05) is 30.3 Å². The third kappa shape index (κ3) is 4.01. The number of Topliss-reactive ketones (excluding diaryl/α,β-unsaturated/α-hetero) is 1. The molecule has 18 heavy (non-hydrogen) atoms. The van der Waals surface area contributed by atoms with Gasteiger partial charge in [0.25, 0.3) is 0 Å². The van der Waals surface area contributed by atoms with Gasteiger partial charge in [0.1, 0.15) is 5.78 Å². The first-order valence-electron chi connectivity index (χ1n) is 5.46. The van der Waals surface area contributed by atoms with Crippen molar-refractivity contribution in [1.29, 1.82) is 0 Å². The average Bonchev–Trinajstić information content (AvgIpc) is 2.35. The van der Waals surface area contributed by atoms with Gasteiger partial charge in [0.05, 0.1) is 13.5 Å². The molecular weight excluding hydrogens is 234 g/mol. The molecule has 0 saturated carbocycles. The quantitative estimate of drug-likeness (QED) is 0.624. The smallest absolute Gasteiger partial charge is 0.333 e. The molecule has 5 nitrogen and oxygen atoms in total. The minimum atomic E-state index is -0.886. The number of ether oxygens (including phenoxy) is 1. The molecule has 0 aromatic heterocycles. The number of carbonyl (C=O) groups is 3. The van der Waals surface area contributed by atoms with Crippen molar-refractivity contribution >= 4 is 17.7 Å². The molecule has 0 unspecified atom stereocenters. The molecule has 0 radical (unpaired) electrons. The van der Waals surface area contributed by atoms with Gasteiger partial charge in [0.2, 0.25) is 5.91 Å². The van der Waals surface area contributed by atoms with Crippen LogP contribution in [-0.4, -0.2) is 24.8 Å². The van der Waals surface area contributed by atoms with Crippen molar-refractivity contribution in [2.24, 2.45) is 0 Å². The number of methoxy groups -OCH3 is 1. The normalized spacial score (nSPS) is 11.4. The summed E-state index contributed by atoms with van der Waals surface area (Å²) in [5, 5.41) is 2.48. The second-order valence-corrected chi connectivity index (χ2v) is 3.81. The zero-order valence-electron chi connectivity index (χ0n) is 10.3. The molecule has 1 aromatic rings. The molecule has 0 fully saturated rings.